The molecule has 3 heterocycles. The lowest BCUT2D eigenvalue weighted by Gasteiger charge is -2.18. The topological polar surface area (TPSA) is 9.86 Å². The zero-order valence-electron chi connectivity index (χ0n) is 30.9. The Bertz CT molecular complexity index is 3390. The summed E-state index contributed by atoms with van der Waals surface area (Å²) in [6, 6.07) is 63.2. The first-order chi connectivity index (χ1) is 27.7. The normalized spacial score (nSPS) is 14.2. The van der Waals surface area contributed by atoms with Gasteiger partial charge in [0.25, 0.3) is 0 Å². The van der Waals surface area contributed by atoms with E-state index in [0.717, 1.165) is 6.42 Å². The first kappa shape index (κ1) is 31.6. The van der Waals surface area contributed by atoms with E-state index < -0.39 is 0 Å². The lowest BCUT2D eigenvalue weighted by atomic mass is 9.86. The van der Waals surface area contributed by atoms with Gasteiger partial charge in [-0.1, -0.05) is 122 Å². The minimum Gasteiger partial charge on any atom is -0.309 e. The molecule has 3 aromatic heterocycles. The van der Waals surface area contributed by atoms with Crippen molar-refractivity contribution in [3.05, 3.63) is 187 Å². The molecule has 8 aromatic carbocycles. The summed E-state index contributed by atoms with van der Waals surface area (Å²) in [4.78, 5) is 0. The summed E-state index contributed by atoms with van der Waals surface area (Å²) < 4.78 is 7.54. The van der Waals surface area contributed by atoms with Gasteiger partial charge in [-0.15, -0.1) is 11.3 Å². The van der Waals surface area contributed by atoms with E-state index in [0.29, 0.717) is 5.92 Å². The van der Waals surface area contributed by atoms with Crippen LogP contribution in [-0.4, -0.2) is 9.13 Å². The maximum absolute atomic E-state index is 2.50. The van der Waals surface area contributed by atoms with Gasteiger partial charge in [0.15, 0.2) is 0 Å². The van der Waals surface area contributed by atoms with Crippen LogP contribution in [0.4, 0.5) is 0 Å². The third-order valence-corrected chi connectivity index (χ3v) is 13.3. The van der Waals surface area contributed by atoms with Crippen molar-refractivity contribution >= 4 is 81.2 Å². The average molecular weight is 733 g/mol. The van der Waals surface area contributed by atoms with Crippen LogP contribution in [0.25, 0.3) is 103 Å². The van der Waals surface area contributed by atoms with Crippen LogP contribution in [-0.2, 0) is 0 Å². The fraction of sp³-hybridized carbons (Fsp3) is 0.0566. The number of aromatic nitrogens is 2. The second-order valence-corrected chi connectivity index (χ2v) is 16.4. The van der Waals surface area contributed by atoms with Gasteiger partial charge in [-0.2, -0.15) is 0 Å². The summed E-state index contributed by atoms with van der Waals surface area (Å²) in [5, 5.41) is 7.71. The molecule has 2 nitrogen and oxygen atoms in total. The Labute approximate surface area is 328 Å². The number of rotatable bonds is 4. The predicted octanol–water partition coefficient (Wildman–Crippen LogP) is 15.1. The number of hydrogen-bond donors (Lipinski definition) is 0. The molecule has 1 aliphatic carbocycles. The molecule has 0 aliphatic heterocycles. The number of fused-ring (bicyclic) bond motifs is 11. The molecule has 11 aromatic rings. The number of benzene rings is 8. The lowest BCUT2D eigenvalue weighted by molar-refractivity contribution is 0.772. The van der Waals surface area contributed by atoms with Gasteiger partial charge in [-0.25, -0.2) is 0 Å². The highest BCUT2D eigenvalue weighted by molar-refractivity contribution is 7.26. The highest BCUT2D eigenvalue weighted by Gasteiger charge is 2.20. The van der Waals surface area contributed by atoms with Crippen molar-refractivity contribution in [2.75, 3.05) is 0 Å². The number of nitrogens with zero attached hydrogens (tertiary/aromatic N) is 2. The zero-order valence-corrected chi connectivity index (χ0v) is 31.7. The third kappa shape index (κ3) is 4.68. The fourth-order valence-electron chi connectivity index (χ4n) is 9.41. The maximum Gasteiger partial charge on any atom is 0.0719 e. The van der Waals surface area contributed by atoms with Gasteiger partial charge in [0.1, 0.15) is 0 Å². The quantitative estimate of drug-likeness (QED) is 0.170. The molecule has 1 aliphatic rings. The van der Waals surface area contributed by atoms with Crippen LogP contribution in [0.3, 0.4) is 0 Å². The molecule has 0 radical (unpaired) electrons. The molecule has 1 atom stereocenters. The highest BCUT2D eigenvalue weighted by Crippen LogP contribution is 2.44. The first-order valence-electron chi connectivity index (χ1n) is 19.6. The van der Waals surface area contributed by atoms with Crippen LogP contribution in [0.5, 0.6) is 0 Å². The maximum atomic E-state index is 2.50. The molecule has 0 bridgehead atoms. The van der Waals surface area contributed by atoms with Gasteiger partial charge in [0, 0.05) is 48.4 Å². The van der Waals surface area contributed by atoms with Crippen molar-refractivity contribution in [1.29, 1.82) is 0 Å². The van der Waals surface area contributed by atoms with E-state index in [2.05, 4.69) is 198 Å². The molecule has 0 fully saturated rings. The molecule has 12 rings (SSSR count). The smallest absolute Gasteiger partial charge is 0.0719 e. The SMILES string of the molecule is CC1CC=Cc2cc(-c3ccc(-n4c5ccc(-c6ccc7c(c6)c6ccccc6n7-c6ccccc6)cc5c5ccc6c7ccccc7sc6c54)cc3)ccc21. The predicted molar refractivity (Wildman–Crippen MR) is 241 cm³/mol. The van der Waals surface area contributed by atoms with Crippen LogP contribution in [0.2, 0.25) is 0 Å². The molecule has 0 N–H and O–H groups in total. The molecule has 56 heavy (non-hydrogen) atoms. The van der Waals surface area contributed by atoms with Gasteiger partial charge in [0.05, 0.1) is 26.8 Å². The zero-order chi connectivity index (χ0) is 36.9. The van der Waals surface area contributed by atoms with E-state index in [1.54, 1.807) is 0 Å². The number of allylic oxidation sites excluding steroid dienone is 1. The molecule has 3 heteroatoms. The van der Waals surface area contributed by atoms with Crippen LogP contribution in [0.1, 0.15) is 30.4 Å². The van der Waals surface area contributed by atoms with E-state index in [4.69, 9.17) is 0 Å². The van der Waals surface area contributed by atoms with Crippen molar-refractivity contribution in [2.24, 2.45) is 0 Å². The Morgan fingerprint density at radius 3 is 1.89 bits per heavy atom. The van der Waals surface area contributed by atoms with E-state index in [1.807, 2.05) is 11.3 Å². The monoisotopic (exact) mass is 732 g/mol. The average Bonchev–Trinajstić information content (AvgIpc) is 3.91. The Balaban J connectivity index is 1.05. The van der Waals surface area contributed by atoms with E-state index in [9.17, 15) is 0 Å². The molecule has 264 valence electrons. The molecule has 0 saturated heterocycles. The van der Waals surface area contributed by atoms with Crippen molar-refractivity contribution in [2.45, 2.75) is 19.3 Å². The van der Waals surface area contributed by atoms with Crippen LogP contribution in [0, 0.1) is 0 Å². The van der Waals surface area contributed by atoms with Crippen LogP contribution >= 0.6 is 11.3 Å². The fourth-order valence-corrected chi connectivity index (χ4v) is 10.7. The van der Waals surface area contributed by atoms with Crippen molar-refractivity contribution in [1.82, 2.24) is 9.13 Å². The van der Waals surface area contributed by atoms with Crippen molar-refractivity contribution < 1.29 is 0 Å². The molecule has 1 unspecified atom stereocenters. The van der Waals surface area contributed by atoms with Gasteiger partial charge in [-0.05, 0) is 112 Å². The van der Waals surface area contributed by atoms with E-state index >= 15 is 0 Å². The summed E-state index contributed by atoms with van der Waals surface area (Å²) in [6.07, 6.45) is 5.71. The standard InChI is InChI=1S/C53H36N2S/c1-33-10-9-11-38-30-35(20-25-41(33)38)34-18-23-40(24-19-34)55-50-29-22-37(32-47(50)44-26-27-45-43-15-6-8-17-51(43)56-53(45)52(44)55)36-21-28-49-46(31-36)42-14-5-7-16-48(42)54(49)39-12-3-2-4-13-39/h2-9,11-33H,10H2,1H3. The van der Waals surface area contributed by atoms with Crippen molar-refractivity contribution in [3.8, 4) is 33.6 Å². The summed E-state index contributed by atoms with van der Waals surface area (Å²) in [6.45, 7) is 2.32. The minimum atomic E-state index is 0.567. The Morgan fingerprint density at radius 2 is 1.07 bits per heavy atom. The second-order valence-electron chi connectivity index (χ2n) is 15.4. The Morgan fingerprint density at radius 1 is 0.464 bits per heavy atom. The first-order valence-corrected chi connectivity index (χ1v) is 20.4. The van der Waals surface area contributed by atoms with Crippen LogP contribution < -0.4 is 0 Å². The van der Waals surface area contributed by atoms with Crippen molar-refractivity contribution in [3.63, 3.8) is 0 Å². The number of hydrogen-bond acceptors (Lipinski definition) is 1. The molecular weight excluding hydrogens is 697 g/mol. The third-order valence-electron chi connectivity index (χ3n) is 12.2. The summed E-state index contributed by atoms with van der Waals surface area (Å²) in [5.41, 5.74) is 15.0. The lowest BCUT2D eigenvalue weighted by Crippen LogP contribution is -1.99. The molecule has 0 saturated carbocycles. The van der Waals surface area contributed by atoms with Gasteiger partial charge in [-0.3, -0.25) is 0 Å². The largest absolute Gasteiger partial charge is 0.309 e. The summed E-state index contributed by atoms with van der Waals surface area (Å²) in [5.74, 6) is 0.567. The van der Waals surface area contributed by atoms with E-state index in [-0.39, 0.29) is 0 Å². The molecule has 0 spiro atoms. The Hall–Kier alpha value is -6.68. The van der Waals surface area contributed by atoms with Gasteiger partial charge >= 0.3 is 0 Å². The summed E-state index contributed by atoms with van der Waals surface area (Å²) in [7, 11) is 0. The molecule has 0 amide bonds. The van der Waals surface area contributed by atoms with Gasteiger partial charge in [0.2, 0.25) is 0 Å². The second kappa shape index (κ2) is 12.2. The Kier molecular flexibility index (Phi) is 6.87. The summed E-state index contributed by atoms with van der Waals surface area (Å²) >= 11 is 1.90. The van der Waals surface area contributed by atoms with Gasteiger partial charge < -0.3 is 9.13 Å². The number of para-hydroxylation sites is 2. The molecular formula is C53H36N2S. The minimum absolute atomic E-state index is 0.567. The highest BCUT2D eigenvalue weighted by atomic mass is 32.1. The number of thiophene rings is 1. The van der Waals surface area contributed by atoms with Crippen LogP contribution in [0.15, 0.2) is 176 Å². The van der Waals surface area contributed by atoms with E-state index in [1.165, 1.54) is 109 Å².